The van der Waals surface area contributed by atoms with Gasteiger partial charge >= 0.3 is 11.4 Å². The molecule has 1 fully saturated rings. The van der Waals surface area contributed by atoms with Gasteiger partial charge in [0.05, 0.1) is 9.81 Å². The molecule has 2 N–H and O–H groups in total. The Kier molecular flexibility index (Phi) is 1.75. The first kappa shape index (κ1) is 9.07. The lowest BCUT2D eigenvalue weighted by atomic mass is 10.4. The van der Waals surface area contributed by atoms with E-state index in [0.29, 0.717) is 9.81 Å². The van der Waals surface area contributed by atoms with Gasteiger partial charge in [0.1, 0.15) is 0 Å². The number of aliphatic hydroxyl groups is 2. The molecule has 74 valence electrons. The molecule has 2 heterocycles. The molecule has 0 aliphatic carbocycles. The lowest BCUT2D eigenvalue weighted by Gasteiger charge is -2.44. The molecule has 7 heteroatoms. The molecule has 0 saturated carbocycles. The van der Waals surface area contributed by atoms with Gasteiger partial charge in [0, 0.05) is 0 Å². The van der Waals surface area contributed by atoms with E-state index in [-0.39, 0.29) is 11.5 Å². The zero-order valence-corrected chi connectivity index (χ0v) is 8.57. The Morgan fingerprint density at radius 3 is 1.85 bits per heavy atom. The minimum atomic E-state index is -2.21. The maximum atomic E-state index is 10.6. The Hall–Kier alpha value is -0.500. The molecule has 13 heavy (non-hydrogen) atoms. The van der Waals surface area contributed by atoms with Crippen LogP contribution in [0.1, 0.15) is 13.8 Å². The minimum absolute atomic E-state index is 0.232. The molecule has 0 aromatic carbocycles. The molecule has 0 amide bonds. The van der Waals surface area contributed by atoms with Crippen LogP contribution in [0.3, 0.4) is 0 Å². The molecule has 1 saturated heterocycles. The van der Waals surface area contributed by atoms with Crippen LogP contribution in [-0.4, -0.2) is 14.4 Å². The monoisotopic (exact) mass is 224 g/mol. The van der Waals surface area contributed by atoms with Crippen molar-refractivity contribution in [1.29, 1.82) is 0 Å². The van der Waals surface area contributed by atoms with Crippen molar-refractivity contribution in [2.24, 2.45) is 0 Å². The molecule has 0 bridgehead atoms. The second-order valence-electron chi connectivity index (χ2n) is 2.65. The van der Waals surface area contributed by atoms with Crippen LogP contribution in [0.25, 0.3) is 0 Å². The minimum Gasteiger partial charge on any atom is -0.503 e. The number of rotatable bonds is 0. The molecule has 1 spiro atoms. The van der Waals surface area contributed by atoms with E-state index < -0.39 is 22.0 Å². The smallest absolute Gasteiger partial charge is 0.346 e. The van der Waals surface area contributed by atoms with E-state index in [1.54, 1.807) is 13.8 Å². The number of hydrogen-bond donors (Lipinski definition) is 2. The lowest BCUT2D eigenvalue weighted by Crippen LogP contribution is -2.23. The number of hydrogen-bond acceptors (Lipinski definition) is 5. The third kappa shape index (κ3) is 0.925. The van der Waals surface area contributed by atoms with Crippen molar-refractivity contribution in [1.82, 2.24) is 0 Å². The van der Waals surface area contributed by atoms with Crippen LogP contribution in [0.2, 0.25) is 0 Å². The maximum Gasteiger partial charge on any atom is 0.346 e. The van der Waals surface area contributed by atoms with Gasteiger partial charge in [0.15, 0.2) is 11.5 Å². The van der Waals surface area contributed by atoms with Gasteiger partial charge in [0.25, 0.3) is 0 Å². The Balaban J connectivity index is 2.48. The second kappa shape index (κ2) is 2.50. The van der Waals surface area contributed by atoms with Crippen molar-refractivity contribution in [2.75, 3.05) is 0 Å². The molecule has 2 aliphatic heterocycles. The van der Waals surface area contributed by atoms with E-state index in [9.17, 15) is 14.4 Å². The van der Waals surface area contributed by atoms with E-state index >= 15 is 0 Å². The molecule has 0 radical (unpaired) electrons. The quantitative estimate of drug-likeness (QED) is 0.656. The summed E-state index contributed by atoms with van der Waals surface area (Å²) in [5.74, 6) is -0.464. The summed E-state index contributed by atoms with van der Waals surface area (Å²) in [6, 6.07) is 0. The van der Waals surface area contributed by atoms with Crippen LogP contribution in [0.15, 0.2) is 21.3 Å². The molecule has 2 rings (SSSR count). The van der Waals surface area contributed by atoms with Crippen molar-refractivity contribution in [3.05, 3.63) is 21.3 Å². The van der Waals surface area contributed by atoms with Gasteiger partial charge in [0.2, 0.25) is 0 Å². The Bertz CT molecular complexity index is 335. The van der Waals surface area contributed by atoms with Crippen molar-refractivity contribution < 1.29 is 21.7 Å². The van der Waals surface area contributed by atoms with Crippen molar-refractivity contribution >= 4 is 22.0 Å². The summed E-state index contributed by atoms with van der Waals surface area (Å²) in [6.07, 6.45) is 0. The van der Waals surface area contributed by atoms with E-state index in [2.05, 4.69) is 0 Å². The maximum absolute atomic E-state index is 10.6. The second-order valence-corrected chi connectivity index (χ2v) is 6.38. The van der Waals surface area contributed by atoms with E-state index in [1.807, 2.05) is 0 Å². The molecule has 0 unspecified atom stereocenters. The molecular formula is C6H8O5S2. The van der Waals surface area contributed by atoms with Crippen LogP contribution in [0.4, 0.5) is 0 Å². The van der Waals surface area contributed by atoms with Gasteiger partial charge in [-0.1, -0.05) is 0 Å². The SMILES string of the molecule is CC1=C(O)C(O)=C(C)S12OS(=O)O2. The fourth-order valence-corrected chi connectivity index (χ4v) is 5.27. The molecule has 0 aromatic heterocycles. The summed E-state index contributed by atoms with van der Waals surface area (Å²) < 4.78 is 20.5. The fourth-order valence-electron chi connectivity index (χ4n) is 1.18. The van der Waals surface area contributed by atoms with Gasteiger partial charge in [-0.15, -0.1) is 17.8 Å². The first-order valence-electron chi connectivity index (χ1n) is 3.44. The largest absolute Gasteiger partial charge is 0.503 e. The van der Waals surface area contributed by atoms with Gasteiger partial charge in [-0.2, -0.15) is 4.21 Å². The fraction of sp³-hybridized carbons (Fsp3) is 0.333. The highest BCUT2D eigenvalue weighted by molar-refractivity contribution is 8.41. The molecule has 2 aliphatic rings. The Morgan fingerprint density at radius 1 is 1.15 bits per heavy atom. The van der Waals surface area contributed by atoms with Gasteiger partial charge in [-0.05, 0) is 13.8 Å². The third-order valence-corrected chi connectivity index (χ3v) is 6.42. The Morgan fingerprint density at radius 2 is 1.54 bits per heavy atom. The predicted octanol–water partition coefficient (Wildman–Crippen LogP) is 1.84. The topological polar surface area (TPSA) is 76.0 Å². The van der Waals surface area contributed by atoms with Crippen LogP contribution in [0.5, 0.6) is 0 Å². The average Bonchev–Trinajstić information content (AvgIpc) is 2.19. The zero-order valence-electron chi connectivity index (χ0n) is 6.94. The van der Waals surface area contributed by atoms with Crippen molar-refractivity contribution in [3.63, 3.8) is 0 Å². The molecular weight excluding hydrogens is 216 g/mol. The standard InChI is InChI=1S/C6H8O5S2/c1-3-5(7)6(8)4(2)13(3)10-12(9)11-13/h7-8H,1-2H3. The molecule has 0 aromatic rings. The lowest BCUT2D eigenvalue weighted by molar-refractivity contribution is 0.325. The summed E-state index contributed by atoms with van der Waals surface area (Å²) in [6.45, 7) is 3.15. The molecule has 5 nitrogen and oxygen atoms in total. The summed E-state index contributed by atoms with van der Waals surface area (Å²) >= 11 is -1.75. The average molecular weight is 224 g/mol. The van der Waals surface area contributed by atoms with Crippen LogP contribution < -0.4 is 0 Å². The molecule has 0 atom stereocenters. The predicted molar refractivity (Wildman–Crippen MR) is 48.6 cm³/mol. The first-order valence-corrected chi connectivity index (χ1v) is 5.92. The normalized spacial score (nSPS) is 29.7. The highest BCUT2D eigenvalue weighted by Crippen LogP contribution is 2.75. The van der Waals surface area contributed by atoms with Crippen LogP contribution in [-0.2, 0) is 18.6 Å². The highest BCUT2D eigenvalue weighted by atomic mass is 32.4. The highest BCUT2D eigenvalue weighted by Gasteiger charge is 2.49. The van der Waals surface area contributed by atoms with Gasteiger partial charge in [-0.25, -0.2) is 0 Å². The van der Waals surface area contributed by atoms with E-state index in [1.165, 1.54) is 0 Å². The van der Waals surface area contributed by atoms with Crippen molar-refractivity contribution in [3.8, 4) is 0 Å². The zero-order chi connectivity index (χ0) is 9.80. The van der Waals surface area contributed by atoms with Crippen LogP contribution in [0, 0.1) is 0 Å². The third-order valence-electron chi connectivity index (χ3n) is 2.00. The van der Waals surface area contributed by atoms with Gasteiger partial charge < -0.3 is 10.2 Å². The number of aliphatic hydroxyl groups excluding tert-OH is 2. The first-order chi connectivity index (χ1) is 5.99. The summed E-state index contributed by atoms with van der Waals surface area (Å²) in [5.41, 5.74) is 0. The van der Waals surface area contributed by atoms with Crippen LogP contribution >= 0.6 is 10.6 Å². The number of allylic oxidation sites excluding steroid dienone is 2. The Labute approximate surface area is 79.3 Å². The summed E-state index contributed by atoms with van der Waals surface area (Å²) in [7, 11) is -2.21. The summed E-state index contributed by atoms with van der Waals surface area (Å²) in [4.78, 5) is 0.809. The summed E-state index contributed by atoms with van der Waals surface area (Å²) in [5, 5.41) is 18.7. The van der Waals surface area contributed by atoms with E-state index in [4.69, 9.17) is 7.26 Å². The van der Waals surface area contributed by atoms with Crippen molar-refractivity contribution in [2.45, 2.75) is 13.8 Å². The van der Waals surface area contributed by atoms with Gasteiger partial charge in [-0.3, -0.25) is 0 Å². The van der Waals surface area contributed by atoms with E-state index in [0.717, 1.165) is 0 Å².